The molecule has 0 bridgehead atoms. The Balaban J connectivity index is 3.15. The van der Waals surface area contributed by atoms with Gasteiger partial charge in [-0.05, 0) is 38.8 Å². The molecule has 0 aromatic rings. The third-order valence-corrected chi connectivity index (χ3v) is 1.80. The summed E-state index contributed by atoms with van der Waals surface area (Å²) in [4.78, 5) is 0. The van der Waals surface area contributed by atoms with E-state index in [1.165, 1.54) is 12.8 Å². The van der Waals surface area contributed by atoms with Crippen LogP contribution in [0, 0.1) is 5.92 Å². The molecule has 0 spiro atoms. The van der Waals surface area contributed by atoms with Crippen molar-refractivity contribution in [2.75, 3.05) is 13.1 Å². The van der Waals surface area contributed by atoms with Crippen molar-refractivity contribution in [3.8, 4) is 0 Å². The molecule has 0 aromatic carbocycles. The van der Waals surface area contributed by atoms with Crippen LogP contribution in [0.1, 0.15) is 33.6 Å². The van der Waals surface area contributed by atoms with Crippen LogP contribution in [0.5, 0.6) is 0 Å². The van der Waals surface area contributed by atoms with Gasteiger partial charge in [0.2, 0.25) is 0 Å². The Morgan fingerprint density at radius 2 is 2.18 bits per heavy atom. The highest BCUT2D eigenvalue weighted by Gasteiger charge is 1.97. The van der Waals surface area contributed by atoms with Crippen LogP contribution >= 0.6 is 0 Å². The lowest BCUT2D eigenvalue weighted by molar-refractivity contribution is 0.493. The Bertz CT molecular complexity index is 97.0. The minimum atomic E-state index is 0.811. The van der Waals surface area contributed by atoms with Gasteiger partial charge in [-0.2, -0.15) is 0 Å². The zero-order chi connectivity index (χ0) is 8.53. The fourth-order valence-corrected chi connectivity index (χ4v) is 1.04. The number of hydrogen-bond acceptors (Lipinski definition) is 1. The van der Waals surface area contributed by atoms with Gasteiger partial charge in [-0.1, -0.05) is 26.0 Å². The quantitative estimate of drug-likeness (QED) is 0.581. The van der Waals surface area contributed by atoms with Crippen molar-refractivity contribution >= 4 is 0 Å². The normalized spacial score (nSPS) is 14.1. The molecule has 0 fully saturated rings. The van der Waals surface area contributed by atoms with E-state index in [1.807, 2.05) is 0 Å². The molecule has 0 aliphatic rings. The monoisotopic (exact) mass is 155 g/mol. The van der Waals surface area contributed by atoms with Gasteiger partial charge in [0.05, 0.1) is 0 Å². The topological polar surface area (TPSA) is 12.0 Å². The first-order chi connectivity index (χ1) is 5.31. The number of nitrogens with one attached hydrogen (secondary N) is 1. The lowest BCUT2D eigenvalue weighted by atomic mass is 10.1. The molecule has 1 atom stereocenters. The first-order valence-corrected chi connectivity index (χ1v) is 4.63. The van der Waals surface area contributed by atoms with Crippen molar-refractivity contribution in [2.24, 2.45) is 5.92 Å². The molecule has 0 aliphatic carbocycles. The van der Waals surface area contributed by atoms with Gasteiger partial charge in [0.1, 0.15) is 0 Å². The van der Waals surface area contributed by atoms with Crippen molar-refractivity contribution in [3.05, 3.63) is 12.2 Å². The Morgan fingerprint density at radius 1 is 1.45 bits per heavy atom. The summed E-state index contributed by atoms with van der Waals surface area (Å²) in [6.07, 6.45) is 6.89. The summed E-state index contributed by atoms with van der Waals surface area (Å²) in [6, 6.07) is 0. The number of rotatable bonds is 6. The highest BCUT2D eigenvalue weighted by molar-refractivity contribution is 4.77. The second-order valence-electron chi connectivity index (χ2n) is 3.06. The lowest BCUT2D eigenvalue weighted by Gasteiger charge is -2.09. The van der Waals surface area contributed by atoms with Gasteiger partial charge in [0.25, 0.3) is 0 Å². The molecule has 0 amide bonds. The van der Waals surface area contributed by atoms with E-state index < -0.39 is 0 Å². The minimum Gasteiger partial charge on any atom is -0.317 e. The Hall–Kier alpha value is -0.300. The lowest BCUT2D eigenvalue weighted by Crippen LogP contribution is -2.20. The van der Waals surface area contributed by atoms with E-state index in [4.69, 9.17) is 0 Å². The second kappa shape index (κ2) is 7.80. The molecule has 0 rings (SSSR count). The summed E-state index contributed by atoms with van der Waals surface area (Å²) >= 11 is 0. The largest absolute Gasteiger partial charge is 0.317 e. The standard InChI is InChI=1S/C10H21N/c1-4-6-7-8-10(3)9-11-5-2/h4,6,10-11H,5,7-9H2,1-3H3/b6-4+. The first-order valence-electron chi connectivity index (χ1n) is 4.63. The summed E-state index contributed by atoms with van der Waals surface area (Å²) in [6.45, 7) is 8.78. The summed E-state index contributed by atoms with van der Waals surface area (Å²) in [7, 11) is 0. The molecule has 0 saturated carbocycles. The SMILES string of the molecule is C/C=C/CCC(C)CNCC. The fourth-order valence-electron chi connectivity index (χ4n) is 1.04. The molecular formula is C10H21N. The molecule has 0 radical (unpaired) electrons. The van der Waals surface area contributed by atoms with Gasteiger partial charge in [-0.15, -0.1) is 0 Å². The third-order valence-electron chi connectivity index (χ3n) is 1.80. The minimum absolute atomic E-state index is 0.811. The van der Waals surface area contributed by atoms with Crippen molar-refractivity contribution < 1.29 is 0 Å². The van der Waals surface area contributed by atoms with Crippen LogP contribution in [0.15, 0.2) is 12.2 Å². The summed E-state index contributed by atoms with van der Waals surface area (Å²) in [5.41, 5.74) is 0. The van der Waals surface area contributed by atoms with Crippen LogP contribution in [-0.4, -0.2) is 13.1 Å². The molecular weight excluding hydrogens is 134 g/mol. The van der Waals surface area contributed by atoms with E-state index >= 15 is 0 Å². The van der Waals surface area contributed by atoms with E-state index in [0.29, 0.717) is 0 Å². The maximum atomic E-state index is 3.35. The van der Waals surface area contributed by atoms with Crippen LogP contribution < -0.4 is 5.32 Å². The number of allylic oxidation sites excluding steroid dienone is 2. The average molecular weight is 155 g/mol. The van der Waals surface area contributed by atoms with Gasteiger partial charge >= 0.3 is 0 Å². The third kappa shape index (κ3) is 7.60. The Morgan fingerprint density at radius 3 is 2.73 bits per heavy atom. The smallest absolute Gasteiger partial charge is 0.00232 e. The zero-order valence-corrected chi connectivity index (χ0v) is 8.06. The van der Waals surface area contributed by atoms with Crippen LogP contribution in [0.4, 0.5) is 0 Å². The van der Waals surface area contributed by atoms with Crippen molar-refractivity contribution in [1.82, 2.24) is 5.32 Å². The van der Waals surface area contributed by atoms with Crippen LogP contribution in [0.3, 0.4) is 0 Å². The van der Waals surface area contributed by atoms with E-state index in [2.05, 4.69) is 38.2 Å². The molecule has 1 heteroatoms. The van der Waals surface area contributed by atoms with Gasteiger partial charge in [-0.25, -0.2) is 0 Å². The molecule has 0 heterocycles. The molecule has 0 aromatic heterocycles. The van der Waals surface area contributed by atoms with E-state index in [-0.39, 0.29) is 0 Å². The molecule has 0 aliphatic heterocycles. The van der Waals surface area contributed by atoms with Crippen molar-refractivity contribution in [3.63, 3.8) is 0 Å². The Kier molecular flexibility index (Phi) is 7.59. The predicted molar refractivity (Wildman–Crippen MR) is 51.8 cm³/mol. The first kappa shape index (κ1) is 10.7. The van der Waals surface area contributed by atoms with Crippen molar-refractivity contribution in [1.29, 1.82) is 0 Å². The maximum Gasteiger partial charge on any atom is -0.00232 e. The van der Waals surface area contributed by atoms with E-state index in [9.17, 15) is 0 Å². The number of hydrogen-bond donors (Lipinski definition) is 1. The van der Waals surface area contributed by atoms with Crippen molar-refractivity contribution in [2.45, 2.75) is 33.6 Å². The fraction of sp³-hybridized carbons (Fsp3) is 0.800. The zero-order valence-electron chi connectivity index (χ0n) is 8.06. The highest BCUT2D eigenvalue weighted by atomic mass is 14.8. The predicted octanol–water partition coefficient (Wildman–Crippen LogP) is 2.59. The van der Waals surface area contributed by atoms with Gasteiger partial charge in [-0.3, -0.25) is 0 Å². The van der Waals surface area contributed by atoms with Crippen LogP contribution in [-0.2, 0) is 0 Å². The van der Waals surface area contributed by atoms with Crippen LogP contribution in [0.2, 0.25) is 0 Å². The maximum absolute atomic E-state index is 3.35. The molecule has 1 unspecified atom stereocenters. The Labute approximate surface area is 70.9 Å². The molecule has 66 valence electrons. The molecule has 1 N–H and O–H groups in total. The average Bonchev–Trinajstić information content (AvgIpc) is 2.01. The molecule has 1 nitrogen and oxygen atoms in total. The summed E-state index contributed by atoms with van der Waals surface area (Å²) in [5, 5.41) is 3.35. The van der Waals surface area contributed by atoms with E-state index in [0.717, 1.165) is 19.0 Å². The molecule has 0 saturated heterocycles. The van der Waals surface area contributed by atoms with Gasteiger partial charge in [0, 0.05) is 0 Å². The van der Waals surface area contributed by atoms with Gasteiger partial charge in [0.15, 0.2) is 0 Å². The van der Waals surface area contributed by atoms with E-state index in [1.54, 1.807) is 0 Å². The second-order valence-corrected chi connectivity index (χ2v) is 3.06. The summed E-state index contributed by atoms with van der Waals surface area (Å²) in [5.74, 6) is 0.811. The van der Waals surface area contributed by atoms with Gasteiger partial charge < -0.3 is 5.32 Å². The summed E-state index contributed by atoms with van der Waals surface area (Å²) < 4.78 is 0. The van der Waals surface area contributed by atoms with Crippen LogP contribution in [0.25, 0.3) is 0 Å². The highest BCUT2D eigenvalue weighted by Crippen LogP contribution is 2.04. The molecule has 11 heavy (non-hydrogen) atoms.